The van der Waals surface area contributed by atoms with Crippen LogP contribution in [0, 0.1) is 6.92 Å². The highest BCUT2D eigenvalue weighted by atomic mass is 32.2. The molecule has 0 saturated carbocycles. The Morgan fingerprint density at radius 3 is 2.55 bits per heavy atom. The van der Waals surface area contributed by atoms with Crippen molar-refractivity contribution in [2.45, 2.75) is 11.8 Å². The molecule has 6 nitrogen and oxygen atoms in total. The predicted molar refractivity (Wildman–Crippen MR) is 87.6 cm³/mol. The number of nitrogens with zero attached hydrogens (tertiary/aromatic N) is 2. The molecule has 0 aliphatic heterocycles. The van der Waals surface area contributed by atoms with Crippen LogP contribution in [-0.2, 0) is 14.1 Å². The van der Waals surface area contributed by atoms with E-state index in [0.29, 0.717) is 0 Å². The van der Waals surface area contributed by atoms with Gasteiger partial charge in [0.1, 0.15) is 11.4 Å². The molecule has 0 saturated heterocycles. The number of aryl methyl sites for hydroxylation is 1. The summed E-state index contributed by atoms with van der Waals surface area (Å²) in [6.07, 6.45) is 0. The maximum absolute atomic E-state index is 12.3. The second-order valence-electron chi connectivity index (χ2n) is 4.99. The van der Waals surface area contributed by atoms with Gasteiger partial charge < -0.3 is 5.73 Å². The van der Waals surface area contributed by atoms with Gasteiger partial charge in [-0.05, 0) is 19.1 Å². The average molecular weight is 319 g/mol. The van der Waals surface area contributed by atoms with E-state index in [-0.39, 0.29) is 22.9 Å². The molecule has 0 fully saturated rings. The Morgan fingerprint density at radius 1 is 1.23 bits per heavy atom. The van der Waals surface area contributed by atoms with E-state index >= 15 is 0 Å². The standard InChI is InChI=1S/C15H17N3O3S/c1-9-5-4-6-10(7-9)22-8-11(19)12-13(16)17(2)15(21)18(3)14(12)20/h4-7H,8,16H2,1-3H3. The second-order valence-corrected chi connectivity index (χ2v) is 6.04. The molecule has 2 rings (SSSR count). The number of rotatable bonds is 4. The lowest BCUT2D eigenvalue weighted by molar-refractivity contribution is 0.102. The average Bonchev–Trinajstić information content (AvgIpc) is 2.49. The van der Waals surface area contributed by atoms with Crippen molar-refractivity contribution >= 4 is 23.4 Å². The predicted octanol–water partition coefficient (Wildman–Crippen LogP) is 0.950. The fourth-order valence-corrected chi connectivity index (χ4v) is 2.93. The number of nitrogen functional groups attached to an aromatic ring is 1. The summed E-state index contributed by atoms with van der Waals surface area (Å²) < 4.78 is 1.99. The SMILES string of the molecule is Cc1cccc(SCC(=O)c2c(N)n(C)c(=O)n(C)c2=O)c1. The molecule has 116 valence electrons. The van der Waals surface area contributed by atoms with E-state index in [4.69, 9.17) is 5.73 Å². The lowest BCUT2D eigenvalue weighted by Crippen LogP contribution is -2.41. The normalized spacial score (nSPS) is 10.7. The van der Waals surface area contributed by atoms with Crippen molar-refractivity contribution in [3.8, 4) is 0 Å². The van der Waals surface area contributed by atoms with Gasteiger partial charge in [0.05, 0.1) is 5.75 Å². The molecule has 0 atom stereocenters. The Kier molecular flexibility index (Phi) is 4.56. The van der Waals surface area contributed by atoms with Crippen LogP contribution in [-0.4, -0.2) is 20.7 Å². The van der Waals surface area contributed by atoms with Gasteiger partial charge in [-0.25, -0.2) is 4.79 Å². The molecule has 0 aliphatic rings. The number of thioether (sulfide) groups is 1. The second kappa shape index (κ2) is 6.23. The Labute approximate surface area is 131 Å². The number of benzene rings is 1. The Hall–Kier alpha value is -2.28. The topological polar surface area (TPSA) is 87.1 Å². The number of nitrogens with two attached hydrogens (primary N) is 1. The molecule has 0 bridgehead atoms. The molecular formula is C15H17N3O3S. The zero-order valence-electron chi connectivity index (χ0n) is 12.6. The first-order valence-corrected chi connectivity index (χ1v) is 7.59. The number of anilines is 1. The van der Waals surface area contributed by atoms with E-state index in [9.17, 15) is 14.4 Å². The third kappa shape index (κ3) is 2.99. The number of carbonyl (C=O) groups excluding carboxylic acids is 1. The van der Waals surface area contributed by atoms with Crippen LogP contribution in [0.3, 0.4) is 0 Å². The van der Waals surface area contributed by atoms with Crippen molar-refractivity contribution in [2.24, 2.45) is 14.1 Å². The van der Waals surface area contributed by atoms with Crippen LogP contribution < -0.4 is 17.0 Å². The van der Waals surface area contributed by atoms with Gasteiger partial charge in [-0.2, -0.15) is 0 Å². The maximum Gasteiger partial charge on any atom is 0.332 e. The Morgan fingerprint density at radius 2 is 1.91 bits per heavy atom. The van der Waals surface area contributed by atoms with Crippen molar-refractivity contribution in [3.63, 3.8) is 0 Å². The molecule has 0 aliphatic carbocycles. The first-order chi connectivity index (χ1) is 10.3. The largest absolute Gasteiger partial charge is 0.384 e. The number of Topliss-reactive ketones (excluding diaryl/α,β-unsaturated/α-hetero) is 1. The van der Waals surface area contributed by atoms with E-state index < -0.39 is 11.2 Å². The summed E-state index contributed by atoms with van der Waals surface area (Å²) in [5.74, 6) is -0.399. The summed E-state index contributed by atoms with van der Waals surface area (Å²) in [5.41, 5.74) is 5.52. The van der Waals surface area contributed by atoms with Crippen molar-refractivity contribution in [3.05, 3.63) is 56.2 Å². The van der Waals surface area contributed by atoms with Gasteiger partial charge in [0.2, 0.25) is 0 Å². The molecule has 1 heterocycles. The zero-order chi connectivity index (χ0) is 16.4. The molecule has 7 heteroatoms. The lowest BCUT2D eigenvalue weighted by atomic mass is 10.2. The van der Waals surface area contributed by atoms with Gasteiger partial charge in [-0.1, -0.05) is 17.7 Å². The molecule has 0 unspecified atom stereocenters. The molecule has 1 aromatic carbocycles. The minimum atomic E-state index is -0.657. The first kappa shape index (κ1) is 16.1. The number of hydrogen-bond donors (Lipinski definition) is 1. The van der Waals surface area contributed by atoms with Crippen molar-refractivity contribution < 1.29 is 4.79 Å². The third-order valence-corrected chi connectivity index (χ3v) is 4.34. The maximum atomic E-state index is 12.3. The summed E-state index contributed by atoms with van der Waals surface area (Å²) in [6.45, 7) is 1.96. The van der Waals surface area contributed by atoms with Crippen LogP contribution in [0.25, 0.3) is 0 Å². The fraction of sp³-hybridized carbons (Fsp3) is 0.267. The van der Waals surface area contributed by atoms with Crippen LogP contribution in [0.2, 0.25) is 0 Å². The van der Waals surface area contributed by atoms with Crippen molar-refractivity contribution in [1.82, 2.24) is 9.13 Å². The van der Waals surface area contributed by atoms with E-state index in [1.54, 1.807) is 0 Å². The van der Waals surface area contributed by atoms with Crippen LogP contribution >= 0.6 is 11.8 Å². The highest BCUT2D eigenvalue weighted by Gasteiger charge is 2.20. The number of aromatic nitrogens is 2. The van der Waals surface area contributed by atoms with Gasteiger partial charge in [0.15, 0.2) is 5.78 Å². The van der Waals surface area contributed by atoms with Crippen LogP contribution in [0.5, 0.6) is 0 Å². The van der Waals surface area contributed by atoms with Gasteiger partial charge in [0.25, 0.3) is 5.56 Å². The molecule has 2 aromatic rings. The molecule has 22 heavy (non-hydrogen) atoms. The van der Waals surface area contributed by atoms with Gasteiger partial charge >= 0.3 is 5.69 Å². The smallest absolute Gasteiger partial charge is 0.332 e. The molecular weight excluding hydrogens is 302 g/mol. The third-order valence-electron chi connectivity index (χ3n) is 3.35. The van der Waals surface area contributed by atoms with Gasteiger partial charge in [0, 0.05) is 19.0 Å². The number of ketones is 1. The molecule has 2 N–H and O–H groups in total. The van der Waals surface area contributed by atoms with E-state index in [2.05, 4.69) is 0 Å². The molecule has 0 amide bonds. The van der Waals surface area contributed by atoms with Gasteiger partial charge in [-0.3, -0.25) is 18.7 Å². The Bertz CT molecular complexity index is 852. The zero-order valence-corrected chi connectivity index (χ0v) is 13.4. The highest BCUT2D eigenvalue weighted by molar-refractivity contribution is 8.00. The summed E-state index contributed by atoms with van der Waals surface area (Å²) in [6, 6.07) is 7.72. The minimum Gasteiger partial charge on any atom is -0.384 e. The van der Waals surface area contributed by atoms with Crippen LogP contribution in [0.15, 0.2) is 38.8 Å². The summed E-state index contributed by atoms with van der Waals surface area (Å²) in [4.78, 5) is 37.1. The quantitative estimate of drug-likeness (QED) is 0.670. The number of hydrogen-bond acceptors (Lipinski definition) is 5. The first-order valence-electron chi connectivity index (χ1n) is 6.61. The van der Waals surface area contributed by atoms with Crippen molar-refractivity contribution in [1.29, 1.82) is 0 Å². The van der Waals surface area contributed by atoms with E-state index in [0.717, 1.165) is 19.6 Å². The van der Waals surface area contributed by atoms with Gasteiger partial charge in [-0.15, -0.1) is 11.8 Å². The van der Waals surface area contributed by atoms with Crippen LogP contribution in [0.4, 0.5) is 5.82 Å². The van der Waals surface area contributed by atoms with Crippen molar-refractivity contribution in [2.75, 3.05) is 11.5 Å². The lowest BCUT2D eigenvalue weighted by Gasteiger charge is -2.10. The Balaban J connectivity index is 2.31. The summed E-state index contributed by atoms with van der Waals surface area (Å²) in [5, 5.41) is 0. The van der Waals surface area contributed by atoms with Crippen LogP contribution in [0.1, 0.15) is 15.9 Å². The fourth-order valence-electron chi connectivity index (χ4n) is 2.05. The summed E-state index contributed by atoms with van der Waals surface area (Å²) >= 11 is 1.33. The summed E-state index contributed by atoms with van der Waals surface area (Å²) in [7, 11) is 2.76. The molecule has 0 radical (unpaired) electrons. The van der Waals surface area contributed by atoms with E-state index in [1.165, 1.54) is 25.9 Å². The highest BCUT2D eigenvalue weighted by Crippen LogP contribution is 2.20. The molecule has 0 spiro atoms. The monoisotopic (exact) mass is 319 g/mol. The van der Waals surface area contributed by atoms with E-state index in [1.807, 2.05) is 31.2 Å². The minimum absolute atomic E-state index is 0.0844. The number of carbonyl (C=O) groups is 1. The molecule has 1 aromatic heterocycles.